The summed E-state index contributed by atoms with van der Waals surface area (Å²) in [7, 11) is 0. The topological polar surface area (TPSA) is 56.1 Å². The number of hydrogen-bond donors (Lipinski definition) is 1. The lowest BCUT2D eigenvalue weighted by molar-refractivity contribution is 0.0526. The summed E-state index contributed by atoms with van der Waals surface area (Å²) in [5, 5.41) is 7.54. The third-order valence-electron chi connectivity index (χ3n) is 2.76. The molecule has 0 bridgehead atoms. The third-order valence-corrected chi connectivity index (χ3v) is 2.76. The molecule has 5 nitrogen and oxygen atoms in total. The zero-order valence-electron chi connectivity index (χ0n) is 9.48. The molecule has 1 saturated heterocycles. The number of piperidine rings is 1. The second kappa shape index (κ2) is 5.12. The molecule has 88 valence electrons. The fourth-order valence-electron chi connectivity index (χ4n) is 1.92. The van der Waals surface area contributed by atoms with E-state index >= 15 is 0 Å². The summed E-state index contributed by atoms with van der Waals surface area (Å²) in [6.45, 7) is 4.19. The third kappa shape index (κ3) is 2.41. The number of hydrogen-bond acceptors (Lipinski definition) is 4. The number of ether oxygens (including phenoxy) is 1. The maximum absolute atomic E-state index is 11.4. The van der Waals surface area contributed by atoms with Gasteiger partial charge >= 0.3 is 5.97 Å². The van der Waals surface area contributed by atoms with Crippen molar-refractivity contribution in [2.75, 3.05) is 19.7 Å². The molecule has 1 aromatic rings. The second-order valence-electron chi connectivity index (χ2n) is 3.93. The van der Waals surface area contributed by atoms with Crippen LogP contribution >= 0.6 is 0 Å². The molecule has 16 heavy (non-hydrogen) atoms. The van der Waals surface area contributed by atoms with Gasteiger partial charge in [0.2, 0.25) is 0 Å². The quantitative estimate of drug-likeness (QED) is 0.776. The van der Waals surface area contributed by atoms with Crippen LogP contribution in [0.2, 0.25) is 0 Å². The zero-order valence-corrected chi connectivity index (χ0v) is 9.48. The van der Waals surface area contributed by atoms with Gasteiger partial charge in [-0.15, -0.1) is 0 Å². The van der Waals surface area contributed by atoms with E-state index in [0.29, 0.717) is 18.2 Å². The molecular formula is C11H17N3O2. The minimum atomic E-state index is -0.294. The lowest BCUT2D eigenvalue weighted by atomic mass is 10.1. The number of aromatic nitrogens is 2. The fraction of sp³-hybridized carbons (Fsp3) is 0.636. The Morgan fingerprint density at radius 2 is 2.62 bits per heavy atom. The smallest absolute Gasteiger partial charge is 0.341 e. The SMILES string of the molecule is CCOC(=O)c1cnn(C2CCCNC2)c1. The van der Waals surface area contributed by atoms with Crippen molar-refractivity contribution in [3.63, 3.8) is 0 Å². The highest BCUT2D eigenvalue weighted by atomic mass is 16.5. The molecule has 0 aromatic carbocycles. The van der Waals surface area contributed by atoms with Gasteiger partial charge in [-0.05, 0) is 26.3 Å². The Bertz CT molecular complexity index is 356. The average molecular weight is 223 g/mol. The summed E-state index contributed by atoms with van der Waals surface area (Å²) in [5.41, 5.74) is 0.535. The van der Waals surface area contributed by atoms with E-state index in [9.17, 15) is 4.79 Å². The van der Waals surface area contributed by atoms with Crippen LogP contribution in [0.25, 0.3) is 0 Å². The molecule has 1 atom stereocenters. The van der Waals surface area contributed by atoms with Crippen molar-refractivity contribution in [2.45, 2.75) is 25.8 Å². The number of nitrogens with one attached hydrogen (secondary N) is 1. The Balaban J connectivity index is 2.03. The average Bonchev–Trinajstić information content (AvgIpc) is 2.80. The monoisotopic (exact) mass is 223 g/mol. The van der Waals surface area contributed by atoms with E-state index in [2.05, 4.69) is 10.4 Å². The first-order valence-corrected chi connectivity index (χ1v) is 5.73. The molecule has 5 heteroatoms. The highest BCUT2D eigenvalue weighted by Crippen LogP contribution is 2.16. The maximum atomic E-state index is 11.4. The van der Waals surface area contributed by atoms with E-state index in [-0.39, 0.29) is 5.97 Å². The lowest BCUT2D eigenvalue weighted by Gasteiger charge is -2.22. The Labute approximate surface area is 94.8 Å². The van der Waals surface area contributed by atoms with Crippen molar-refractivity contribution in [3.8, 4) is 0 Å². The zero-order chi connectivity index (χ0) is 11.4. The summed E-state index contributed by atoms with van der Waals surface area (Å²) in [4.78, 5) is 11.4. The summed E-state index contributed by atoms with van der Waals surface area (Å²) in [6, 6.07) is 0.358. The summed E-state index contributed by atoms with van der Waals surface area (Å²) < 4.78 is 6.78. The van der Waals surface area contributed by atoms with Gasteiger partial charge in [0.05, 0.1) is 24.4 Å². The highest BCUT2D eigenvalue weighted by molar-refractivity contribution is 5.88. The Hall–Kier alpha value is -1.36. The van der Waals surface area contributed by atoms with Crippen molar-refractivity contribution in [2.24, 2.45) is 0 Å². The predicted octanol–water partition coefficient (Wildman–Crippen LogP) is 0.984. The first-order chi connectivity index (χ1) is 7.81. The van der Waals surface area contributed by atoms with Crippen LogP contribution in [-0.2, 0) is 4.74 Å². The molecule has 1 unspecified atom stereocenters. The molecule has 0 radical (unpaired) electrons. The van der Waals surface area contributed by atoms with Gasteiger partial charge in [0.15, 0.2) is 0 Å². The van der Waals surface area contributed by atoms with E-state index in [1.165, 1.54) is 0 Å². The van der Waals surface area contributed by atoms with Gasteiger partial charge in [-0.3, -0.25) is 4.68 Å². The van der Waals surface area contributed by atoms with Gasteiger partial charge in [0, 0.05) is 12.7 Å². The van der Waals surface area contributed by atoms with E-state index in [1.54, 1.807) is 19.3 Å². The molecule has 2 rings (SSSR count). The molecule has 1 aliphatic rings. The molecule has 1 N–H and O–H groups in total. The lowest BCUT2D eigenvalue weighted by Crippen LogP contribution is -2.31. The Morgan fingerprint density at radius 3 is 3.31 bits per heavy atom. The number of carbonyl (C=O) groups excluding carboxylic acids is 1. The van der Waals surface area contributed by atoms with Crippen LogP contribution in [0.15, 0.2) is 12.4 Å². The maximum Gasteiger partial charge on any atom is 0.341 e. The van der Waals surface area contributed by atoms with Crippen molar-refractivity contribution in [3.05, 3.63) is 18.0 Å². The van der Waals surface area contributed by atoms with Gasteiger partial charge in [0.25, 0.3) is 0 Å². The van der Waals surface area contributed by atoms with Crippen LogP contribution in [0.3, 0.4) is 0 Å². The standard InChI is InChI=1S/C11H17N3O2/c1-2-16-11(15)9-6-13-14(8-9)10-4-3-5-12-7-10/h6,8,10,12H,2-5,7H2,1H3. The Morgan fingerprint density at radius 1 is 1.75 bits per heavy atom. The van der Waals surface area contributed by atoms with Gasteiger partial charge in [0.1, 0.15) is 0 Å². The summed E-state index contributed by atoms with van der Waals surface area (Å²) in [6.07, 6.45) is 5.61. The van der Waals surface area contributed by atoms with Crippen molar-refractivity contribution in [1.82, 2.24) is 15.1 Å². The molecule has 1 fully saturated rings. The van der Waals surface area contributed by atoms with Gasteiger partial charge in [-0.2, -0.15) is 5.10 Å². The summed E-state index contributed by atoms with van der Waals surface area (Å²) in [5.74, 6) is -0.294. The van der Waals surface area contributed by atoms with Crippen LogP contribution < -0.4 is 5.32 Å². The first-order valence-electron chi connectivity index (χ1n) is 5.73. The van der Waals surface area contributed by atoms with Crippen LogP contribution in [0.1, 0.15) is 36.2 Å². The van der Waals surface area contributed by atoms with E-state index in [4.69, 9.17) is 4.74 Å². The van der Waals surface area contributed by atoms with Gasteiger partial charge in [-0.1, -0.05) is 0 Å². The van der Waals surface area contributed by atoms with Crippen molar-refractivity contribution < 1.29 is 9.53 Å². The van der Waals surface area contributed by atoms with Crippen molar-refractivity contribution in [1.29, 1.82) is 0 Å². The summed E-state index contributed by atoms with van der Waals surface area (Å²) >= 11 is 0. The second-order valence-corrected chi connectivity index (χ2v) is 3.93. The molecule has 0 saturated carbocycles. The minimum absolute atomic E-state index is 0.294. The van der Waals surface area contributed by atoms with E-state index in [0.717, 1.165) is 25.9 Å². The van der Waals surface area contributed by atoms with Crippen LogP contribution in [0.5, 0.6) is 0 Å². The van der Waals surface area contributed by atoms with Crippen LogP contribution in [0.4, 0.5) is 0 Å². The molecule has 0 spiro atoms. The molecular weight excluding hydrogens is 206 g/mol. The minimum Gasteiger partial charge on any atom is -0.462 e. The number of esters is 1. The highest BCUT2D eigenvalue weighted by Gasteiger charge is 2.17. The number of nitrogens with zero attached hydrogens (tertiary/aromatic N) is 2. The van der Waals surface area contributed by atoms with Crippen molar-refractivity contribution >= 4 is 5.97 Å². The molecule has 1 aromatic heterocycles. The van der Waals surface area contributed by atoms with Crippen LogP contribution in [-0.4, -0.2) is 35.4 Å². The van der Waals surface area contributed by atoms with Gasteiger partial charge < -0.3 is 10.1 Å². The predicted molar refractivity (Wildman–Crippen MR) is 59.3 cm³/mol. The largest absolute Gasteiger partial charge is 0.462 e. The Kier molecular flexibility index (Phi) is 3.56. The van der Waals surface area contributed by atoms with Crippen LogP contribution in [0, 0.1) is 0 Å². The molecule has 2 heterocycles. The number of rotatable bonds is 3. The molecule has 0 aliphatic carbocycles. The first kappa shape index (κ1) is 11.1. The van der Waals surface area contributed by atoms with E-state index in [1.807, 2.05) is 4.68 Å². The molecule has 0 amide bonds. The van der Waals surface area contributed by atoms with Gasteiger partial charge in [-0.25, -0.2) is 4.79 Å². The number of carbonyl (C=O) groups is 1. The normalized spacial score (nSPS) is 20.7. The van der Waals surface area contributed by atoms with E-state index < -0.39 is 0 Å². The fourth-order valence-corrected chi connectivity index (χ4v) is 1.92. The molecule has 1 aliphatic heterocycles.